The molecule has 1 aliphatic heterocycles. The number of piperidine rings is 1. The number of nitrogens with one attached hydrogen (secondary N) is 3. The van der Waals surface area contributed by atoms with E-state index in [0.717, 1.165) is 31.6 Å². The van der Waals surface area contributed by atoms with Crippen molar-refractivity contribution < 1.29 is 4.79 Å². The molecule has 0 radical (unpaired) electrons. The predicted molar refractivity (Wildman–Crippen MR) is 95.7 cm³/mol. The van der Waals surface area contributed by atoms with Crippen LogP contribution in [0.25, 0.3) is 0 Å². The van der Waals surface area contributed by atoms with Gasteiger partial charge in [-0.3, -0.25) is 9.59 Å². The fraction of sp³-hybridized carbons (Fsp3) is 0.500. The van der Waals surface area contributed by atoms with Gasteiger partial charge in [0.1, 0.15) is 5.56 Å². The Balaban J connectivity index is 1.67. The molecule has 7 nitrogen and oxygen atoms in total. The lowest BCUT2D eigenvalue weighted by molar-refractivity contribution is 0.0951. The zero-order chi connectivity index (χ0) is 17.6. The first-order chi connectivity index (χ1) is 12.1. The van der Waals surface area contributed by atoms with Gasteiger partial charge in [0.25, 0.3) is 11.5 Å². The summed E-state index contributed by atoms with van der Waals surface area (Å²) in [6.07, 6.45) is 8.03. The molecule has 0 aliphatic carbocycles. The second-order valence-electron chi connectivity index (χ2n) is 6.63. The molecule has 25 heavy (non-hydrogen) atoms. The number of nitrogens with zero attached hydrogens (tertiary/aromatic N) is 2. The summed E-state index contributed by atoms with van der Waals surface area (Å²) in [5.74, 6) is 0.128. The Hall–Kier alpha value is -2.41. The van der Waals surface area contributed by atoms with Crippen LogP contribution in [0.5, 0.6) is 0 Å². The minimum absolute atomic E-state index is 0.204. The fourth-order valence-electron chi connectivity index (χ4n) is 3.26. The van der Waals surface area contributed by atoms with Gasteiger partial charge in [0, 0.05) is 37.6 Å². The maximum absolute atomic E-state index is 12.8. The Morgan fingerprint density at radius 1 is 1.48 bits per heavy atom. The quantitative estimate of drug-likeness (QED) is 0.725. The minimum Gasteiger partial charge on any atom is -0.351 e. The van der Waals surface area contributed by atoms with E-state index in [-0.39, 0.29) is 17.0 Å². The van der Waals surface area contributed by atoms with E-state index < -0.39 is 0 Å². The third-order valence-corrected chi connectivity index (χ3v) is 4.69. The van der Waals surface area contributed by atoms with E-state index >= 15 is 0 Å². The number of aromatic nitrogens is 3. The Morgan fingerprint density at radius 3 is 3.08 bits per heavy atom. The lowest BCUT2D eigenvalue weighted by Crippen LogP contribution is -2.38. The first-order valence-electron chi connectivity index (χ1n) is 8.81. The van der Waals surface area contributed by atoms with E-state index in [1.54, 1.807) is 30.2 Å². The standard InChI is InChI=1S/C18H25N5O2/c1-13-5-8-23(11-14-3-2-6-19-9-14)18(25)16(13)17(24)21-7-4-15-10-20-12-22-15/h5,8,10,12,14,19H,2-4,6-7,9,11H2,1H3,(H,20,22)(H,21,24). The van der Waals surface area contributed by atoms with Crippen molar-refractivity contribution in [2.24, 2.45) is 5.92 Å². The summed E-state index contributed by atoms with van der Waals surface area (Å²) >= 11 is 0. The molecule has 1 unspecified atom stereocenters. The zero-order valence-corrected chi connectivity index (χ0v) is 14.5. The molecule has 2 aromatic heterocycles. The van der Waals surface area contributed by atoms with E-state index in [4.69, 9.17) is 0 Å². The van der Waals surface area contributed by atoms with Gasteiger partial charge in [0.15, 0.2) is 0 Å². The summed E-state index contributed by atoms with van der Waals surface area (Å²) in [6.45, 7) is 4.88. The molecule has 134 valence electrons. The van der Waals surface area contributed by atoms with Crippen LogP contribution in [0.2, 0.25) is 0 Å². The molecule has 7 heteroatoms. The van der Waals surface area contributed by atoms with Crippen molar-refractivity contribution in [3.8, 4) is 0 Å². The van der Waals surface area contributed by atoms with E-state index in [1.807, 2.05) is 6.07 Å². The average Bonchev–Trinajstić information content (AvgIpc) is 3.12. The summed E-state index contributed by atoms with van der Waals surface area (Å²) < 4.78 is 1.68. The minimum atomic E-state index is -0.307. The molecular weight excluding hydrogens is 318 g/mol. The maximum Gasteiger partial charge on any atom is 0.263 e. The summed E-state index contributed by atoms with van der Waals surface area (Å²) in [7, 11) is 0. The summed E-state index contributed by atoms with van der Waals surface area (Å²) in [4.78, 5) is 32.2. The molecule has 2 aromatic rings. The lowest BCUT2D eigenvalue weighted by Gasteiger charge is -2.23. The molecule has 0 spiro atoms. The van der Waals surface area contributed by atoms with Gasteiger partial charge in [0.2, 0.25) is 0 Å². The van der Waals surface area contributed by atoms with E-state index in [9.17, 15) is 9.59 Å². The highest BCUT2D eigenvalue weighted by molar-refractivity contribution is 5.95. The highest BCUT2D eigenvalue weighted by Crippen LogP contribution is 2.12. The third kappa shape index (κ3) is 4.36. The molecule has 0 saturated carbocycles. The van der Waals surface area contributed by atoms with Crippen LogP contribution in [-0.2, 0) is 13.0 Å². The summed E-state index contributed by atoms with van der Waals surface area (Å²) in [5.41, 5.74) is 1.70. The Bertz CT molecular complexity index is 760. The van der Waals surface area contributed by atoms with E-state index in [2.05, 4.69) is 20.6 Å². The molecule has 3 N–H and O–H groups in total. The van der Waals surface area contributed by atoms with Crippen molar-refractivity contribution in [3.63, 3.8) is 0 Å². The van der Waals surface area contributed by atoms with Gasteiger partial charge in [-0.05, 0) is 50.4 Å². The Morgan fingerprint density at radius 2 is 2.36 bits per heavy atom. The van der Waals surface area contributed by atoms with Crippen molar-refractivity contribution in [1.82, 2.24) is 25.2 Å². The number of rotatable bonds is 6. The van der Waals surface area contributed by atoms with Crippen LogP contribution < -0.4 is 16.2 Å². The fourth-order valence-corrected chi connectivity index (χ4v) is 3.26. The molecule has 3 rings (SSSR count). The van der Waals surface area contributed by atoms with Crippen LogP contribution in [0.15, 0.2) is 29.6 Å². The van der Waals surface area contributed by atoms with Crippen LogP contribution in [0.1, 0.15) is 34.5 Å². The number of hydrogen-bond acceptors (Lipinski definition) is 4. The molecule has 3 heterocycles. The van der Waals surface area contributed by atoms with Gasteiger partial charge in [0.05, 0.1) is 6.33 Å². The first-order valence-corrected chi connectivity index (χ1v) is 8.81. The molecule has 1 fully saturated rings. The van der Waals surface area contributed by atoms with Crippen LogP contribution in [0, 0.1) is 12.8 Å². The Kier molecular flexibility index (Phi) is 5.65. The van der Waals surface area contributed by atoms with Crippen LogP contribution in [0.3, 0.4) is 0 Å². The van der Waals surface area contributed by atoms with Crippen molar-refractivity contribution in [3.05, 3.63) is 52.0 Å². The number of hydrogen-bond donors (Lipinski definition) is 3. The molecule has 1 amide bonds. The topological polar surface area (TPSA) is 91.8 Å². The average molecular weight is 343 g/mol. The summed E-state index contributed by atoms with van der Waals surface area (Å²) in [6, 6.07) is 1.85. The van der Waals surface area contributed by atoms with Gasteiger partial charge in [-0.1, -0.05) is 0 Å². The second-order valence-corrected chi connectivity index (χ2v) is 6.63. The molecule has 1 atom stereocenters. The number of aromatic amines is 1. The first kappa shape index (κ1) is 17.4. The SMILES string of the molecule is Cc1ccn(CC2CCCNC2)c(=O)c1C(=O)NCCc1cnc[nH]1. The van der Waals surface area contributed by atoms with Crippen molar-refractivity contribution in [1.29, 1.82) is 0 Å². The normalized spacial score (nSPS) is 17.4. The summed E-state index contributed by atoms with van der Waals surface area (Å²) in [5, 5.41) is 6.20. The molecular formula is C18H25N5O2. The van der Waals surface area contributed by atoms with Gasteiger partial charge in [-0.2, -0.15) is 0 Å². The number of H-pyrrole nitrogens is 1. The number of carbonyl (C=O) groups is 1. The van der Waals surface area contributed by atoms with E-state index in [1.165, 1.54) is 0 Å². The van der Waals surface area contributed by atoms with Crippen molar-refractivity contribution >= 4 is 5.91 Å². The molecule has 1 saturated heterocycles. The number of amides is 1. The number of aryl methyl sites for hydroxylation is 1. The molecule has 0 bridgehead atoms. The molecule has 1 aliphatic rings. The largest absolute Gasteiger partial charge is 0.351 e. The van der Waals surface area contributed by atoms with Crippen molar-refractivity contribution in [2.45, 2.75) is 32.7 Å². The third-order valence-electron chi connectivity index (χ3n) is 4.69. The van der Waals surface area contributed by atoms with Gasteiger partial charge in [-0.25, -0.2) is 4.98 Å². The van der Waals surface area contributed by atoms with E-state index in [0.29, 0.717) is 31.0 Å². The number of pyridine rings is 1. The second kappa shape index (κ2) is 8.11. The van der Waals surface area contributed by atoms with Crippen molar-refractivity contribution in [2.75, 3.05) is 19.6 Å². The highest BCUT2D eigenvalue weighted by Gasteiger charge is 2.18. The van der Waals surface area contributed by atoms with Gasteiger partial charge in [-0.15, -0.1) is 0 Å². The monoisotopic (exact) mass is 343 g/mol. The maximum atomic E-state index is 12.8. The lowest BCUT2D eigenvalue weighted by atomic mass is 9.99. The van der Waals surface area contributed by atoms with Crippen LogP contribution in [0.4, 0.5) is 0 Å². The zero-order valence-electron chi connectivity index (χ0n) is 14.5. The van der Waals surface area contributed by atoms with Crippen LogP contribution >= 0.6 is 0 Å². The number of carbonyl (C=O) groups excluding carboxylic acids is 1. The van der Waals surface area contributed by atoms with Gasteiger partial charge >= 0.3 is 0 Å². The van der Waals surface area contributed by atoms with Crippen LogP contribution in [-0.4, -0.2) is 40.1 Å². The highest BCUT2D eigenvalue weighted by atomic mass is 16.2. The molecule has 0 aromatic carbocycles. The smallest absolute Gasteiger partial charge is 0.263 e. The predicted octanol–water partition coefficient (Wildman–Crippen LogP) is 0.852. The number of imidazole rings is 1. The Labute approximate surface area is 146 Å². The van der Waals surface area contributed by atoms with Gasteiger partial charge < -0.3 is 20.2 Å².